The Morgan fingerprint density at radius 2 is 2.00 bits per heavy atom. The lowest BCUT2D eigenvalue weighted by atomic mass is 10.1. The molecule has 0 radical (unpaired) electrons. The monoisotopic (exact) mass is 290 g/mol. The first-order chi connectivity index (χ1) is 10.1. The van der Waals surface area contributed by atoms with E-state index in [1.165, 1.54) is 5.56 Å². The molecule has 1 aromatic carbocycles. The van der Waals surface area contributed by atoms with Crippen LogP contribution < -0.4 is 10.6 Å². The van der Waals surface area contributed by atoms with Crippen molar-refractivity contribution < 1.29 is 9.53 Å². The molecule has 1 fully saturated rings. The minimum absolute atomic E-state index is 0.0389. The molecule has 0 aromatic heterocycles. The smallest absolute Gasteiger partial charge is 0.222 e. The van der Waals surface area contributed by atoms with Crippen molar-refractivity contribution in [2.24, 2.45) is 0 Å². The number of nitrogens with one attached hydrogen (secondary N) is 2. The Hall–Kier alpha value is -1.39. The molecule has 1 amide bonds. The topological polar surface area (TPSA) is 50.4 Å². The Morgan fingerprint density at radius 3 is 2.67 bits per heavy atom. The number of aryl methyl sites for hydroxylation is 1. The van der Waals surface area contributed by atoms with Crippen LogP contribution in [-0.4, -0.2) is 31.7 Å². The molecule has 2 rings (SSSR count). The first-order valence-corrected chi connectivity index (χ1v) is 7.83. The summed E-state index contributed by atoms with van der Waals surface area (Å²) in [6.45, 7) is 6.61. The van der Waals surface area contributed by atoms with Crippen LogP contribution in [0, 0.1) is 6.92 Å². The average molecular weight is 290 g/mol. The fraction of sp³-hybridized carbons (Fsp3) is 0.588. The van der Waals surface area contributed by atoms with Crippen LogP contribution in [0.4, 0.5) is 0 Å². The number of benzene rings is 1. The standard InChI is InChI=1S/C17H26N2O2/c1-13-3-5-15(6-4-13)14(2)19-17(20)9-12-21-16-7-10-18-11-8-16/h3-6,14,16,18H,7-12H2,1-2H3,(H,19,20)/t14-/m0/s1. The largest absolute Gasteiger partial charge is 0.378 e. The summed E-state index contributed by atoms with van der Waals surface area (Å²) in [5.74, 6) is 0.0528. The molecule has 2 N–H and O–H groups in total. The van der Waals surface area contributed by atoms with Gasteiger partial charge in [0.25, 0.3) is 0 Å². The Labute approximate surface area is 127 Å². The molecule has 0 unspecified atom stereocenters. The third-order valence-corrected chi connectivity index (χ3v) is 3.92. The van der Waals surface area contributed by atoms with Gasteiger partial charge in [-0.15, -0.1) is 0 Å². The second-order valence-electron chi connectivity index (χ2n) is 5.77. The van der Waals surface area contributed by atoms with Crippen molar-refractivity contribution in [3.63, 3.8) is 0 Å². The molecule has 1 aliphatic rings. The predicted octanol–water partition coefficient (Wildman–Crippen LogP) is 2.33. The van der Waals surface area contributed by atoms with Gasteiger partial charge in [-0.3, -0.25) is 4.79 Å². The summed E-state index contributed by atoms with van der Waals surface area (Å²) in [7, 11) is 0. The highest BCUT2D eigenvalue weighted by Gasteiger charge is 2.14. The van der Waals surface area contributed by atoms with Crippen LogP contribution in [0.15, 0.2) is 24.3 Å². The molecule has 0 saturated carbocycles. The van der Waals surface area contributed by atoms with E-state index in [2.05, 4.69) is 41.8 Å². The number of ether oxygens (including phenoxy) is 1. The van der Waals surface area contributed by atoms with Gasteiger partial charge in [0.15, 0.2) is 0 Å². The van der Waals surface area contributed by atoms with Crippen LogP contribution >= 0.6 is 0 Å². The molecule has 21 heavy (non-hydrogen) atoms. The molecule has 4 heteroatoms. The fourth-order valence-electron chi connectivity index (χ4n) is 2.53. The van der Waals surface area contributed by atoms with Crippen molar-refractivity contribution in [1.82, 2.24) is 10.6 Å². The van der Waals surface area contributed by atoms with Crippen LogP contribution in [0.3, 0.4) is 0 Å². The molecule has 4 nitrogen and oxygen atoms in total. The average Bonchev–Trinajstić information content (AvgIpc) is 2.49. The second-order valence-corrected chi connectivity index (χ2v) is 5.77. The van der Waals surface area contributed by atoms with Gasteiger partial charge < -0.3 is 15.4 Å². The van der Waals surface area contributed by atoms with E-state index in [9.17, 15) is 4.79 Å². The van der Waals surface area contributed by atoms with E-state index >= 15 is 0 Å². The molecule has 0 bridgehead atoms. The molecular weight excluding hydrogens is 264 g/mol. The van der Waals surface area contributed by atoms with Crippen molar-refractivity contribution >= 4 is 5.91 Å². The number of hydrogen-bond donors (Lipinski definition) is 2. The second kappa shape index (κ2) is 8.15. The first kappa shape index (κ1) is 16.0. The van der Waals surface area contributed by atoms with Crippen molar-refractivity contribution in [3.8, 4) is 0 Å². The van der Waals surface area contributed by atoms with E-state index in [1.54, 1.807) is 0 Å². The molecule has 1 heterocycles. The lowest BCUT2D eigenvalue weighted by Crippen LogP contribution is -2.33. The van der Waals surface area contributed by atoms with Gasteiger partial charge >= 0.3 is 0 Å². The van der Waals surface area contributed by atoms with Gasteiger partial charge in [0.05, 0.1) is 18.8 Å². The van der Waals surface area contributed by atoms with Gasteiger partial charge in [-0.25, -0.2) is 0 Å². The number of piperidine rings is 1. The van der Waals surface area contributed by atoms with Crippen LogP contribution in [0.1, 0.15) is 43.4 Å². The quantitative estimate of drug-likeness (QED) is 0.845. The summed E-state index contributed by atoms with van der Waals surface area (Å²) in [5.41, 5.74) is 2.36. The van der Waals surface area contributed by atoms with Gasteiger partial charge in [0.2, 0.25) is 5.91 Å². The van der Waals surface area contributed by atoms with Crippen molar-refractivity contribution in [1.29, 1.82) is 0 Å². The highest BCUT2D eigenvalue weighted by Crippen LogP contribution is 2.13. The Morgan fingerprint density at radius 1 is 1.33 bits per heavy atom. The van der Waals surface area contributed by atoms with Crippen molar-refractivity contribution in [2.45, 2.75) is 45.3 Å². The first-order valence-electron chi connectivity index (χ1n) is 7.83. The van der Waals surface area contributed by atoms with E-state index < -0.39 is 0 Å². The molecule has 0 spiro atoms. The number of carbonyl (C=O) groups is 1. The van der Waals surface area contributed by atoms with Crippen LogP contribution in [0.25, 0.3) is 0 Å². The molecule has 116 valence electrons. The summed E-state index contributed by atoms with van der Waals surface area (Å²) in [5, 5.41) is 6.32. The van der Waals surface area contributed by atoms with Gasteiger partial charge in [0.1, 0.15) is 0 Å². The Kier molecular flexibility index (Phi) is 6.21. The van der Waals surface area contributed by atoms with Crippen molar-refractivity contribution in [2.75, 3.05) is 19.7 Å². The van der Waals surface area contributed by atoms with Gasteiger partial charge in [-0.1, -0.05) is 29.8 Å². The van der Waals surface area contributed by atoms with Crippen LogP contribution in [-0.2, 0) is 9.53 Å². The normalized spacial score (nSPS) is 17.4. The Balaban J connectivity index is 1.67. The Bertz CT molecular complexity index is 439. The van der Waals surface area contributed by atoms with E-state index in [0.29, 0.717) is 19.1 Å². The fourth-order valence-corrected chi connectivity index (χ4v) is 2.53. The maximum Gasteiger partial charge on any atom is 0.222 e. The molecule has 0 aliphatic carbocycles. The zero-order chi connectivity index (χ0) is 15.1. The van der Waals surface area contributed by atoms with Crippen LogP contribution in [0.5, 0.6) is 0 Å². The van der Waals surface area contributed by atoms with Crippen LogP contribution in [0.2, 0.25) is 0 Å². The van der Waals surface area contributed by atoms with E-state index in [1.807, 2.05) is 6.92 Å². The zero-order valence-corrected chi connectivity index (χ0v) is 13.0. The molecule has 1 aromatic rings. The summed E-state index contributed by atoms with van der Waals surface area (Å²) in [6.07, 6.45) is 2.83. The summed E-state index contributed by atoms with van der Waals surface area (Å²) in [4.78, 5) is 11.9. The van der Waals surface area contributed by atoms with Gasteiger partial charge in [0, 0.05) is 6.42 Å². The molecule has 1 saturated heterocycles. The minimum Gasteiger partial charge on any atom is -0.378 e. The molecule has 1 atom stereocenters. The van der Waals surface area contributed by atoms with Crippen molar-refractivity contribution in [3.05, 3.63) is 35.4 Å². The highest BCUT2D eigenvalue weighted by molar-refractivity contribution is 5.76. The number of hydrogen-bond acceptors (Lipinski definition) is 3. The van der Waals surface area contributed by atoms with E-state index in [0.717, 1.165) is 31.5 Å². The number of carbonyl (C=O) groups excluding carboxylic acids is 1. The summed E-state index contributed by atoms with van der Waals surface area (Å²) in [6, 6.07) is 8.30. The number of amides is 1. The molecular formula is C17H26N2O2. The predicted molar refractivity (Wildman–Crippen MR) is 84.2 cm³/mol. The zero-order valence-electron chi connectivity index (χ0n) is 13.0. The summed E-state index contributed by atoms with van der Waals surface area (Å²) >= 11 is 0. The lowest BCUT2D eigenvalue weighted by molar-refractivity contribution is -0.123. The van der Waals surface area contributed by atoms with E-state index in [4.69, 9.17) is 4.74 Å². The summed E-state index contributed by atoms with van der Waals surface area (Å²) < 4.78 is 5.76. The third kappa shape index (κ3) is 5.48. The molecule has 1 aliphatic heterocycles. The maximum absolute atomic E-state index is 11.9. The maximum atomic E-state index is 11.9. The number of rotatable bonds is 6. The lowest BCUT2D eigenvalue weighted by Gasteiger charge is -2.23. The van der Waals surface area contributed by atoms with E-state index in [-0.39, 0.29) is 11.9 Å². The highest BCUT2D eigenvalue weighted by atomic mass is 16.5. The SMILES string of the molecule is Cc1ccc([C@H](C)NC(=O)CCOC2CCNCC2)cc1. The van der Waals surface area contributed by atoms with Gasteiger partial charge in [-0.05, 0) is 45.3 Å². The van der Waals surface area contributed by atoms with Gasteiger partial charge in [-0.2, -0.15) is 0 Å². The minimum atomic E-state index is 0.0389. The third-order valence-electron chi connectivity index (χ3n) is 3.92.